The summed E-state index contributed by atoms with van der Waals surface area (Å²) in [4.78, 5) is 11.7. The number of hydrogen-bond donors (Lipinski definition) is 3. The van der Waals surface area contributed by atoms with E-state index in [2.05, 4.69) is 5.32 Å². The van der Waals surface area contributed by atoms with Gasteiger partial charge in [-0.1, -0.05) is 6.92 Å². The molecule has 1 aromatic rings. The second kappa shape index (κ2) is 5.92. The summed E-state index contributed by atoms with van der Waals surface area (Å²) in [5, 5.41) is 11.7. The first-order valence-corrected chi connectivity index (χ1v) is 5.68. The molecule has 0 radical (unpaired) electrons. The van der Waals surface area contributed by atoms with E-state index in [4.69, 9.17) is 5.73 Å². The Balaban J connectivity index is 2.82. The number of hydrogen-bond acceptors (Lipinski definition) is 3. The van der Waals surface area contributed by atoms with E-state index in [9.17, 15) is 23.1 Å². The molecular formula is C12H15F3N2O2. The van der Waals surface area contributed by atoms with Crippen LogP contribution in [0.5, 0.6) is 0 Å². The lowest BCUT2D eigenvalue weighted by Gasteiger charge is -2.12. The van der Waals surface area contributed by atoms with Gasteiger partial charge in [0.1, 0.15) is 0 Å². The molecule has 0 heterocycles. The first-order valence-electron chi connectivity index (χ1n) is 5.68. The summed E-state index contributed by atoms with van der Waals surface area (Å²) in [6.07, 6.45) is -4.73. The van der Waals surface area contributed by atoms with E-state index < -0.39 is 23.8 Å². The first kappa shape index (κ1) is 15.3. The number of amides is 1. The molecule has 0 fully saturated rings. The zero-order valence-corrected chi connectivity index (χ0v) is 10.3. The highest BCUT2D eigenvalue weighted by Gasteiger charge is 2.31. The third-order valence-electron chi connectivity index (χ3n) is 2.59. The molecule has 0 aliphatic rings. The van der Waals surface area contributed by atoms with E-state index in [0.717, 1.165) is 12.1 Å². The third-order valence-corrected chi connectivity index (χ3v) is 2.59. The number of anilines is 1. The summed E-state index contributed by atoms with van der Waals surface area (Å²) in [5.41, 5.74) is 4.23. The number of alkyl halides is 3. The number of carbonyl (C=O) groups is 1. The van der Waals surface area contributed by atoms with Gasteiger partial charge in [-0.2, -0.15) is 13.2 Å². The molecular weight excluding hydrogens is 261 g/mol. The Labute approximate surface area is 108 Å². The lowest BCUT2D eigenvalue weighted by atomic mass is 10.1. The second-order valence-electron chi connectivity index (χ2n) is 4.07. The molecule has 0 saturated carbocycles. The topological polar surface area (TPSA) is 75.3 Å². The van der Waals surface area contributed by atoms with E-state index in [1.807, 2.05) is 0 Å². The minimum Gasteiger partial charge on any atom is -0.398 e. The molecule has 0 saturated heterocycles. The summed E-state index contributed by atoms with van der Waals surface area (Å²) < 4.78 is 37.2. The van der Waals surface area contributed by atoms with Crippen LogP contribution < -0.4 is 11.1 Å². The van der Waals surface area contributed by atoms with Crippen molar-refractivity contribution in [3.63, 3.8) is 0 Å². The Kier molecular flexibility index (Phi) is 4.77. The zero-order valence-electron chi connectivity index (χ0n) is 10.3. The van der Waals surface area contributed by atoms with Crippen molar-refractivity contribution in [3.05, 3.63) is 29.3 Å². The van der Waals surface area contributed by atoms with Crippen molar-refractivity contribution in [2.45, 2.75) is 25.6 Å². The molecule has 0 bridgehead atoms. The lowest BCUT2D eigenvalue weighted by molar-refractivity contribution is -0.137. The largest absolute Gasteiger partial charge is 0.416 e. The van der Waals surface area contributed by atoms with Crippen LogP contribution in [0, 0.1) is 0 Å². The van der Waals surface area contributed by atoms with Crippen molar-refractivity contribution in [3.8, 4) is 0 Å². The molecule has 0 aliphatic carbocycles. The number of aliphatic hydroxyl groups is 1. The monoisotopic (exact) mass is 276 g/mol. The number of aliphatic hydroxyl groups excluding tert-OH is 1. The van der Waals surface area contributed by atoms with Crippen molar-refractivity contribution < 1.29 is 23.1 Å². The maximum atomic E-state index is 12.4. The van der Waals surface area contributed by atoms with Gasteiger partial charge < -0.3 is 16.2 Å². The van der Waals surface area contributed by atoms with Gasteiger partial charge in [0.15, 0.2) is 0 Å². The van der Waals surface area contributed by atoms with Gasteiger partial charge in [-0.05, 0) is 24.6 Å². The number of benzene rings is 1. The highest BCUT2D eigenvalue weighted by Crippen LogP contribution is 2.31. The molecule has 0 aliphatic heterocycles. The number of nitrogens with two attached hydrogens (primary N) is 1. The molecule has 0 spiro atoms. The molecule has 106 valence electrons. The molecule has 1 amide bonds. The minimum absolute atomic E-state index is 0.0236. The maximum absolute atomic E-state index is 12.4. The first-order chi connectivity index (χ1) is 8.75. The smallest absolute Gasteiger partial charge is 0.398 e. The fourth-order valence-corrected chi connectivity index (χ4v) is 1.40. The number of nitrogen functional groups attached to an aromatic ring is 1. The number of halogens is 3. The van der Waals surface area contributed by atoms with Crippen LogP contribution in [0.4, 0.5) is 18.9 Å². The van der Waals surface area contributed by atoms with E-state index in [1.54, 1.807) is 6.92 Å². The average Bonchev–Trinajstić information content (AvgIpc) is 2.34. The fraction of sp³-hybridized carbons (Fsp3) is 0.417. The third kappa shape index (κ3) is 4.13. The van der Waals surface area contributed by atoms with E-state index >= 15 is 0 Å². The van der Waals surface area contributed by atoms with E-state index in [1.165, 1.54) is 0 Å². The summed E-state index contributed by atoms with van der Waals surface area (Å²) >= 11 is 0. The average molecular weight is 276 g/mol. The molecule has 4 nitrogen and oxygen atoms in total. The van der Waals surface area contributed by atoms with Crippen LogP contribution in [0.3, 0.4) is 0 Å². The normalized spacial score (nSPS) is 13.1. The molecule has 1 rings (SSSR count). The van der Waals surface area contributed by atoms with Gasteiger partial charge in [0.2, 0.25) is 0 Å². The van der Waals surface area contributed by atoms with Crippen LogP contribution in [0.1, 0.15) is 29.3 Å². The fourth-order valence-electron chi connectivity index (χ4n) is 1.40. The second-order valence-corrected chi connectivity index (χ2v) is 4.07. The molecule has 1 atom stereocenters. The lowest BCUT2D eigenvalue weighted by Crippen LogP contribution is -2.32. The molecule has 4 N–H and O–H groups in total. The van der Waals surface area contributed by atoms with Crippen molar-refractivity contribution in [2.75, 3.05) is 12.3 Å². The Morgan fingerprint density at radius 1 is 1.47 bits per heavy atom. The van der Waals surface area contributed by atoms with Gasteiger partial charge >= 0.3 is 6.18 Å². The molecule has 19 heavy (non-hydrogen) atoms. The van der Waals surface area contributed by atoms with Crippen LogP contribution in [0.15, 0.2) is 18.2 Å². The van der Waals surface area contributed by atoms with Gasteiger partial charge in [0, 0.05) is 12.2 Å². The number of carbonyl (C=O) groups excluding carboxylic acids is 1. The minimum atomic E-state index is -4.50. The standard InChI is InChI=1S/C12H15F3N2O2/c1-2-8(18)6-17-11(19)9-4-3-7(5-10(9)16)12(13,14)15/h3-5,8,18H,2,6,16H2,1H3,(H,17,19). The highest BCUT2D eigenvalue weighted by atomic mass is 19.4. The maximum Gasteiger partial charge on any atom is 0.416 e. The SMILES string of the molecule is CCC(O)CNC(=O)c1ccc(C(F)(F)F)cc1N. The van der Waals surface area contributed by atoms with Crippen LogP contribution in [-0.4, -0.2) is 23.7 Å². The van der Waals surface area contributed by atoms with Crippen molar-refractivity contribution in [1.82, 2.24) is 5.32 Å². The zero-order chi connectivity index (χ0) is 14.6. The van der Waals surface area contributed by atoms with Gasteiger partial charge in [-0.15, -0.1) is 0 Å². The van der Waals surface area contributed by atoms with Crippen LogP contribution in [0.25, 0.3) is 0 Å². The van der Waals surface area contributed by atoms with Crippen LogP contribution in [-0.2, 0) is 6.18 Å². The Bertz CT molecular complexity index is 461. The Morgan fingerprint density at radius 3 is 2.58 bits per heavy atom. The van der Waals surface area contributed by atoms with Gasteiger partial charge in [0.25, 0.3) is 5.91 Å². The molecule has 7 heteroatoms. The van der Waals surface area contributed by atoms with Gasteiger partial charge in [-0.3, -0.25) is 4.79 Å². The number of nitrogens with one attached hydrogen (secondary N) is 1. The predicted octanol–water partition coefficient (Wildman–Crippen LogP) is 1.79. The molecule has 0 aromatic heterocycles. The van der Waals surface area contributed by atoms with Crippen molar-refractivity contribution in [2.24, 2.45) is 0 Å². The molecule has 1 unspecified atom stereocenters. The van der Waals surface area contributed by atoms with E-state index in [-0.39, 0.29) is 17.8 Å². The van der Waals surface area contributed by atoms with Crippen LogP contribution in [0.2, 0.25) is 0 Å². The summed E-state index contributed by atoms with van der Waals surface area (Å²) in [7, 11) is 0. The summed E-state index contributed by atoms with van der Waals surface area (Å²) in [5.74, 6) is -0.612. The van der Waals surface area contributed by atoms with Crippen molar-refractivity contribution in [1.29, 1.82) is 0 Å². The van der Waals surface area contributed by atoms with Gasteiger partial charge in [-0.25, -0.2) is 0 Å². The van der Waals surface area contributed by atoms with Crippen molar-refractivity contribution >= 4 is 11.6 Å². The Hall–Kier alpha value is -1.76. The van der Waals surface area contributed by atoms with Gasteiger partial charge in [0.05, 0.1) is 17.2 Å². The quantitative estimate of drug-likeness (QED) is 0.734. The molecule has 1 aromatic carbocycles. The van der Waals surface area contributed by atoms with E-state index in [0.29, 0.717) is 12.5 Å². The Morgan fingerprint density at radius 2 is 2.11 bits per heavy atom. The predicted molar refractivity (Wildman–Crippen MR) is 64.5 cm³/mol. The highest BCUT2D eigenvalue weighted by molar-refractivity contribution is 5.99. The van der Waals surface area contributed by atoms with Crippen LogP contribution >= 0.6 is 0 Å². The summed E-state index contributed by atoms with van der Waals surface area (Å²) in [6.45, 7) is 1.76. The summed E-state index contributed by atoms with van der Waals surface area (Å²) in [6, 6.07) is 2.53. The number of rotatable bonds is 4.